The Bertz CT molecular complexity index is 1120. The zero-order valence-electron chi connectivity index (χ0n) is 17.9. The highest BCUT2D eigenvalue weighted by molar-refractivity contribution is 9.10. The summed E-state index contributed by atoms with van der Waals surface area (Å²) in [5, 5.41) is 0. The summed E-state index contributed by atoms with van der Waals surface area (Å²) in [6, 6.07) is 8.86. The van der Waals surface area contributed by atoms with Gasteiger partial charge in [-0.1, -0.05) is 24.0 Å². The molecule has 1 aliphatic heterocycles. The van der Waals surface area contributed by atoms with E-state index in [1.807, 2.05) is 0 Å². The zero-order chi connectivity index (χ0) is 23.3. The van der Waals surface area contributed by atoms with Crippen LogP contribution in [0.15, 0.2) is 40.9 Å². The Kier molecular flexibility index (Phi) is 5.66. The molecule has 0 saturated heterocycles. The Hall–Kier alpha value is -2.66. The number of hydrogen-bond acceptors (Lipinski definition) is 2. The van der Waals surface area contributed by atoms with Crippen molar-refractivity contribution in [2.75, 3.05) is 19.1 Å². The molecule has 0 aromatic heterocycles. The van der Waals surface area contributed by atoms with Gasteiger partial charge in [0.2, 0.25) is 0 Å². The lowest BCUT2D eigenvalue weighted by Gasteiger charge is -2.49. The van der Waals surface area contributed by atoms with Gasteiger partial charge in [0.1, 0.15) is 11.6 Å². The minimum absolute atomic E-state index is 0.0267. The molecule has 1 unspecified atom stereocenters. The minimum atomic E-state index is -3.44. The number of rotatable bonds is 4. The van der Waals surface area contributed by atoms with Crippen molar-refractivity contribution in [2.24, 2.45) is 5.92 Å². The van der Waals surface area contributed by atoms with Crippen molar-refractivity contribution in [3.63, 3.8) is 0 Å². The van der Waals surface area contributed by atoms with Gasteiger partial charge in [0.05, 0.1) is 23.8 Å². The molecule has 1 aliphatic carbocycles. The fourth-order valence-corrected chi connectivity index (χ4v) is 4.28. The zero-order valence-corrected chi connectivity index (χ0v) is 19.5. The maximum absolute atomic E-state index is 15.2. The van der Waals surface area contributed by atoms with Crippen LogP contribution in [0.1, 0.15) is 30.9 Å². The highest BCUT2D eigenvalue weighted by Gasteiger charge is 2.60. The van der Waals surface area contributed by atoms with E-state index < -0.39 is 23.3 Å². The van der Waals surface area contributed by atoms with Crippen LogP contribution in [-0.4, -0.2) is 31.0 Å². The maximum Gasteiger partial charge on any atom is 0.326 e. The third-order valence-electron chi connectivity index (χ3n) is 5.91. The van der Waals surface area contributed by atoms with Crippen molar-refractivity contribution in [1.82, 2.24) is 4.90 Å². The van der Waals surface area contributed by atoms with Crippen LogP contribution in [0, 0.1) is 23.6 Å². The summed E-state index contributed by atoms with van der Waals surface area (Å²) in [5.41, 5.74) is -1.35. The predicted molar refractivity (Wildman–Crippen MR) is 119 cm³/mol. The monoisotopic (exact) mass is 506 g/mol. The molecule has 1 fully saturated rings. The second-order valence-electron chi connectivity index (χ2n) is 8.20. The molecular formula is C24H22BrF3N2O2. The summed E-state index contributed by atoms with van der Waals surface area (Å²) < 4.78 is 50.4. The normalized spacial score (nSPS) is 20.5. The molecule has 32 heavy (non-hydrogen) atoms. The first-order valence-corrected chi connectivity index (χ1v) is 11.0. The predicted octanol–water partition coefficient (Wildman–Crippen LogP) is 5.93. The van der Waals surface area contributed by atoms with E-state index in [2.05, 4.69) is 27.8 Å². The molecular weight excluding hydrogens is 485 g/mol. The molecule has 2 aliphatic rings. The van der Waals surface area contributed by atoms with Crippen molar-refractivity contribution in [3.8, 4) is 17.6 Å². The molecule has 168 valence electrons. The van der Waals surface area contributed by atoms with E-state index in [1.165, 1.54) is 18.0 Å². The molecule has 0 N–H and O–H groups in total. The van der Waals surface area contributed by atoms with Crippen molar-refractivity contribution >= 4 is 27.6 Å². The number of halogens is 4. The average molecular weight is 507 g/mol. The molecule has 2 amide bonds. The molecule has 0 radical (unpaired) electrons. The number of hydrogen-bond donors (Lipinski definition) is 0. The van der Waals surface area contributed by atoms with Crippen LogP contribution in [0.3, 0.4) is 0 Å². The average Bonchev–Trinajstić information content (AvgIpc) is 3.57. The van der Waals surface area contributed by atoms with E-state index >= 15 is 8.78 Å². The van der Waals surface area contributed by atoms with E-state index in [-0.39, 0.29) is 28.2 Å². The number of alkyl halides is 2. The van der Waals surface area contributed by atoms with E-state index in [0.29, 0.717) is 5.75 Å². The van der Waals surface area contributed by atoms with Gasteiger partial charge in [-0.3, -0.25) is 4.90 Å². The van der Waals surface area contributed by atoms with E-state index in [9.17, 15) is 9.18 Å². The molecule has 4 nitrogen and oxygen atoms in total. The highest BCUT2D eigenvalue weighted by atomic mass is 79.9. The molecule has 2 aromatic rings. The fraction of sp³-hybridized carbons (Fsp3) is 0.375. The fourth-order valence-electron chi connectivity index (χ4n) is 3.95. The number of ether oxygens (including phenoxy) is 1. The SMILES string of the molecule is COc1ccc(CN2C(=O)N(C)C(C#CC3CC3)(C(C)(F)F)c3cc(F)c(Br)cc32)cc1. The summed E-state index contributed by atoms with van der Waals surface area (Å²) in [6.45, 7) is 0.834. The Labute approximate surface area is 193 Å². The maximum atomic E-state index is 15.2. The van der Waals surface area contributed by atoms with Gasteiger partial charge < -0.3 is 9.64 Å². The molecule has 2 aromatic carbocycles. The number of benzene rings is 2. The van der Waals surface area contributed by atoms with Gasteiger partial charge in [-0.2, -0.15) is 0 Å². The summed E-state index contributed by atoms with van der Waals surface area (Å²) in [7, 11) is 2.85. The van der Waals surface area contributed by atoms with Crippen LogP contribution in [0.5, 0.6) is 5.75 Å². The molecule has 0 bridgehead atoms. The summed E-state index contributed by atoms with van der Waals surface area (Å²) in [4.78, 5) is 15.8. The first kappa shape index (κ1) is 22.5. The number of carbonyl (C=O) groups is 1. The van der Waals surface area contributed by atoms with Gasteiger partial charge >= 0.3 is 6.03 Å². The third kappa shape index (κ3) is 3.73. The van der Waals surface area contributed by atoms with Crippen LogP contribution >= 0.6 is 15.9 Å². The molecule has 8 heteroatoms. The van der Waals surface area contributed by atoms with Crippen LogP contribution < -0.4 is 9.64 Å². The van der Waals surface area contributed by atoms with Gasteiger partial charge in [0.15, 0.2) is 5.54 Å². The second-order valence-corrected chi connectivity index (χ2v) is 9.06. The number of urea groups is 1. The number of carbonyl (C=O) groups excluding carboxylic acids is 1. The second kappa shape index (κ2) is 8.04. The Morgan fingerprint density at radius 2 is 1.91 bits per heavy atom. The quantitative estimate of drug-likeness (QED) is 0.481. The summed E-state index contributed by atoms with van der Waals surface area (Å²) in [5.74, 6) is 2.13. The number of nitrogens with zero attached hydrogens (tertiary/aromatic N) is 2. The number of fused-ring (bicyclic) bond motifs is 1. The summed E-state index contributed by atoms with van der Waals surface area (Å²) in [6.07, 6.45) is 1.67. The van der Waals surface area contributed by atoms with Gasteiger partial charge in [0.25, 0.3) is 5.92 Å². The van der Waals surface area contributed by atoms with Gasteiger partial charge in [-0.15, -0.1) is 0 Å². The molecule has 1 atom stereocenters. The smallest absolute Gasteiger partial charge is 0.326 e. The van der Waals surface area contributed by atoms with Crippen LogP contribution in [0.4, 0.5) is 23.7 Å². The standard InChI is InChI=1S/C24H22BrF3N2O2/c1-23(27,28)24(11-10-15-4-5-15)18-12-20(26)19(25)13-21(18)30(22(31)29(24)2)14-16-6-8-17(32-3)9-7-16/h6-9,12-13,15H,4-5,14H2,1-3H3. The molecule has 1 saturated carbocycles. The van der Waals surface area contributed by atoms with Gasteiger partial charge in [-0.25, -0.2) is 18.0 Å². The largest absolute Gasteiger partial charge is 0.497 e. The first-order chi connectivity index (χ1) is 15.1. The highest BCUT2D eigenvalue weighted by Crippen LogP contribution is 2.50. The van der Waals surface area contributed by atoms with E-state index in [4.69, 9.17) is 4.74 Å². The lowest BCUT2D eigenvalue weighted by atomic mass is 9.80. The lowest BCUT2D eigenvalue weighted by molar-refractivity contribution is -0.0875. The minimum Gasteiger partial charge on any atom is -0.497 e. The van der Waals surface area contributed by atoms with Crippen molar-refractivity contribution in [3.05, 3.63) is 57.8 Å². The van der Waals surface area contributed by atoms with Crippen molar-refractivity contribution < 1.29 is 22.7 Å². The Morgan fingerprint density at radius 1 is 1.25 bits per heavy atom. The Morgan fingerprint density at radius 3 is 2.47 bits per heavy atom. The van der Waals surface area contributed by atoms with E-state index in [1.54, 1.807) is 31.4 Å². The van der Waals surface area contributed by atoms with Crippen molar-refractivity contribution in [2.45, 2.75) is 37.8 Å². The van der Waals surface area contributed by atoms with Crippen LogP contribution in [0.25, 0.3) is 0 Å². The molecule has 1 heterocycles. The first-order valence-electron chi connectivity index (χ1n) is 10.2. The van der Waals surface area contributed by atoms with Gasteiger partial charge in [0, 0.05) is 25.5 Å². The Balaban J connectivity index is 1.90. The number of anilines is 1. The number of amides is 2. The van der Waals surface area contributed by atoms with Crippen molar-refractivity contribution in [1.29, 1.82) is 0 Å². The lowest BCUT2D eigenvalue weighted by Crippen LogP contribution is -2.63. The van der Waals surface area contributed by atoms with Crippen LogP contribution in [0.2, 0.25) is 0 Å². The number of methoxy groups -OCH3 is 1. The third-order valence-corrected chi connectivity index (χ3v) is 6.52. The summed E-state index contributed by atoms with van der Waals surface area (Å²) >= 11 is 3.13. The van der Waals surface area contributed by atoms with Crippen LogP contribution in [-0.2, 0) is 12.1 Å². The molecule has 0 spiro atoms. The van der Waals surface area contributed by atoms with E-state index in [0.717, 1.165) is 36.3 Å². The van der Waals surface area contributed by atoms with Gasteiger partial charge in [-0.05, 0) is 58.6 Å². The molecule has 4 rings (SSSR count). The topological polar surface area (TPSA) is 32.8 Å².